The molecule has 1 aromatic carbocycles. The number of halogens is 3. The number of hydrogen-bond acceptors (Lipinski definition) is 3. The minimum absolute atomic E-state index is 0.00143. The van der Waals surface area contributed by atoms with E-state index < -0.39 is 11.7 Å². The lowest BCUT2D eigenvalue weighted by Crippen LogP contribution is -2.18. The second kappa shape index (κ2) is 6.04. The predicted octanol–water partition coefficient (Wildman–Crippen LogP) is 3.98. The molecule has 0 aliphatic carbocycles. The molecule has 0 amide bonds. The molecule has 1 N–H and O–H groups in total. The molecule has 0 aliphatic rings. The molecule has 1 atom stereocenters. The Balaban J connectivity index is 2.62. The van der Waals surface area contributed by atoms with Crippen molar-refractivity contribution in [2.24, 2.45) is 0 Å². The van der Waals surface area contributed by atoms with Crippen molar-refractivity contribution < 1.29 is 13.2 Å². The molecule has 0 aliphatic heterocycles. The number of alkyl halides is 2. The number of aromatic nitrogens is 2. The largest absolute Gasteiger partial charge is 0.312 e. The van der Waals surface area contributed by atoms with Crippen molar-refractivity contribution >= 4 is 0 Å². The number of nitrogens with one attached hydrogen (secondary N) is 1. The van der Waals surface area contributed by atoms with Gasteiger partial charge < -0.3 is 5.32 Å². The third-order valence-corrected chi connectivity index (χ3v) is 3.61. The van der Waals surface area contributed by atoms with E-state index >= 15 is 0 Å². The SMILES string of the molecule is CNC(C)c1cc(C(C)(F)F)c(-c2ccc(C)c(F)c2)nn1. The highest BCUT2D eigenvalue weighted by atomic mass is 19.3. The summed E-state index contributed by atoms with van der Waals surface area (Å²) in [4.78, 5) is 0. The quantitative estimate of drug-likeness (QED) is 0.928. The number of aryl methyl sites for hydroxylation is 1. The van der Waals surface area contributed by atoms with Crippen molar-refractivity contribution in [1.29, 1.82) is 0 Å². The van der Waals surface area contributed by atoms with Crippen LogP contribution in [0.2, 0.25) is 0 Å². The zero-order valence-corrected chi connectivity index (χ0v) is 12.9. The molecule has 0 saturated carbocycles. The fraction of sp³-hybridized carbons (Fsp3) is 0.375. The van der Waals surface area contributed by atoms with Crippen LogP contribution in [0, 0.1) is 12.7 Å². The second-order valence-electron chi connectivity index (χ2n) is 5.39. The first kappa shape index (κ1) is 16.4. The van der Waals surface area contributed by atoms with Gasteiger partial charge in [-0.3, -0.25) is 0 Å². The van der Waals surface area contributed by atoms with E-state index in [2.05, 4.69) is 15.5 Å². The van der Waals surface area contributed by atoms with Crippen LogP contribution in [0.1, 0.15) is 36.7 Å². The molecule has 2 aromatic rings. The molecule has 1 unspecified atom stereocenters. The smallest absolute Gasteiger partial charge is 0.272 e. The molecule has 2 rings (SSSR count). The first-order chi connectivity index (χ1) is 10.2. The minimum Gasteiger partial charge on any atom is -0.312 e. The fourth-order valence-corrected chi connectivity index (χ4v) is 2.05. The monoisotopic (exact) mass is 309 g/mol. The van der Waals surface area contributed by atoms with Gasteiger partial charge in [0.15, 0.2) is 0 Å². The maximum absolute atomic E-state index is 13.9. The molecule has 118 valence electrons. The van der Waals surface area contributed by atoms with Gasteiger partial charge in [-0.25, -0.2) is 13.2 Å². The third-order valence-electron chi connectivity index (χ3n) is 3.61. The Morgan fingerprint density at radius 3 is 2.41 bits per heavy atom. The molecule has 0 bridgehead atoms. The zero-order chi connectivity index (χ0) is 16.5. The topological polar surface area (TPSA) is 37.8 Å². The van der Waals surface area contributed by atoms with Crippen molar-refractivity contribution in [2.45, 2.75) is 32.7 Å². The second-order valence-corrected chi connectivity index (χ2v) is 5.39. The molecule has 1 heterocycles. The van der Waals surface area contributed by atoms with Gasteiger partial charge in [-0.1, -0.05) is 12.1 Å². The Kier molecular flexibility index (Phi) is 4.51. The molecule has 1 aromatic heterocycles. The van der Waals surface area contributed by atoms with E-state index in [1.807, 2.05) is 0 Å². The van der Waals surface area contributed by atoms with Gasteiger partial charge in [0.25, 0.3) is 5.92 Å². The van der Waals surface area contributed by atoms with Gasteiger partial charge in [0.2, 0.25) is 0 Å². The number of benzene rings is 1. The Bertz CT molecular complexity index is 681. The van der Waals surface area contributed by atoms with Crippen molar-refractivity contribution in [3.05, 3.63) is 46.9 Å². The predicted molar refractivity (Wildman–Crippen MR) is 79.2 cm³/mol. The van der Waals surface area contributed by atoms with Crippen LogP contribution in [0.3, 0.4) is 0 Å². The summed E-state index contributed by atoms with van der Waals surface area (Å²) in [5.41, 5.74) is 0.884. The Labute approximate surface area is 127 Å². The maximum Gasteiger partial charge on any atom is 0.272 e. The van der Waals surface area contributed by atoms with Gasteiger partial charge in [0, 0.05) is 18.5 Å². The normalized spacial score (nSPS) is 13.2. The summed E-state index contributed by atoms with van der Waals surface area (Å²) < 4.78 is 41.6. The molecular formula is C16H18F3N3. The first-order valence-corrected chi connectivity index (χ1v) is 6.93. The Hall–Kier alpha value is -1.95. The van der Waals surface area contributed by atoms with Crippen LogP contribution in [-0.2, 0) is 5.92 Å². The molecule has 22 heavy (non-hydrogen) atoms. The lowest BCUT2D eigenvalue weighted by atomic mass is 9.99. The highest BCUT2D eigenvalue weighted by molar-refractivity contribution is 5.64. The average Bonchev–Trinajstić information content (AvgIpc) is 2.48. The minimum atomic E-state index is -3.10. The standard InChI is InChI=1S/C16H18F3N3/c1-9-5-6-11(7-13(9)17)15-12(16(3,18)19)8-14(21-22-15)10(2)20-4/h5-8,10,20H,1-4H3. The van der Waals surface area contributed by atoms with Gasteiger partial charge in [-0.05, 0) is 38.6 Å². The molecule has 0 spiro atoms. The highest BCUT2D eigenvalue weighted by Crippen LogP contribution is 2.35. The van der Waals surface area contributed by atoms with Crippen LogP contribution < -0.4 is 5.32 Å². The van der Waals surface area contributed by atoms with Gasteiger partial charge in [0.1, 0.15) is 11.5 Å². The zero-order valence-electron chi connectivity index (χ0n) is 12.9. The van der Waals surface area contributed by atoms with Crippen LogP contribution in [0.4, 0.5) is 13.2 Å². The van der Waals surface area contributed by atoms with Gasteiger partial charge in [-0.15, -0.1) is 5.10 Å². The highest BCUT2D eigenvalue weighted by Gasteiger charge is 2.30. The van der Waals surface area contributed by atoms with Crippen molar-refractivity contribution in [3.63, 3.8) is 0 Å². The molecular weight excluding hydrogens is 291 g/mol. The van der Waals surface area contributed by atoms with E-state index in [-0.39, 0.29) is 22.9 Å². The van der Waals surface area contributed by atoms with E-state index in [4.69, 9.17) is 0 Å². The van der Waals surface area contributed by atoms with Crippen LogP contribution >= 0.6 is 0 Å². The number of rotatable bonds is 4. The average molecular weight is 309 g/mol. The summed E-state index contributed by atoms with van der Waals surface area (Å²) in [7, 11) is 1.71. The van der Waals surface area contributed by atoms with Crippen LogP contribution in [0.25, 0.3) is 11.3 Å². The summed E-state index contributed by atoms with van der Waals surface area (Å²) in [6.45, 7) is 4.20. The third kappa shape index (κ3) is 3.27. The maximum atomic E-state index is 13.9. The lowest BCUT2D eigenvalue weighted by molar-refractivity contribution is 0.0175. The van der Waals surface area contributed by atoms with Crippen LogP contribution in [0.5, 0.6) is 0 Å². The molecule has 0 fully saturated rings. The summed E-state index contributed by atoms with van der Waals surface area (Å²) in [5.74, 6) is -3.56. The molecule has 3 nitrogen and oxygen atoms in total. The Morgan fingerprint density at radius 1 is 1.18 bits per heavy atom. The van der Waals surface area contributed by atoms with Gasteiger partial charge in [-0.2, -0.15) is 5.10 Å². The summed E-state index contributed by atoms with van der Waals surface area (Å²) in [6.07, 6.45) is 0. The van der Waals surface area contributed by atoms with Gasteiger partial charge in [0.05, 0.1) is 11.3 Å². The van der Waals surface area contributed by atoms with Crippen molar-refractivity contribution in [3.8, 4) is 11.3 Å². The Morgan fingerprint density at radius 2 is 1.86 bits per heavy atom. The number of hydrogen-bond donors (Lipinski definition) is 1. The molecule has 0 saturated heterocycles. The van der Waals surface area contributed by atoms with Gasteiger partial charge >= 0.3 is 0 Å². The fourth-order valence-electron chi connectivity index (χ4n) is 2.05. The summed E-state index contributed by atoms with van der Waals surface area (Å²) in [5, 5.41) is 10.8. The molecule has 0 radical (unpaired) electrons. The van der Waals surface area contributed by atoms with Crippen molar-refractivity contribution in [1.82, 2.24) is 15.5 Å². The summed E-state index contributed by atoms with van der Waals surface area (Å²) >= 11 is 0. The van der Waals surface area contributed by atoms with Crippen LogP contribution in [0.15, 0.2) is 24.3 Å². The van der Waals surface area contributed by atoms with E-state index in [9.17, 15) is 13.2 Å². The number of nitrogens with zero attached hydrogens (tertiary/aromatic N) is 2. The van der Waals surface area contributed by atoms with E-state index in [1.54, 1.807) is 27.0 Å². The summed E-state index contributed by atoms with van der Waals surface area (Å²) in [6, 6.07) is 5.42. The first-order valence-electron chi connectivity index (χ1n) is 6.93. The van der Waals surface area contributed by atoms with Crippen molar-refractivity contribution in [2.75, 3.05) is 7.05 Å². The van der Waals surface area contributed by atoms with E-state index in [0.29, 0.717) is 11.3 Å². The van der Waals surface area contributed by atoms with E-state index in [0.717, 1.165) is 6.92 Å². The molecule has 6 heteroatoms. The lowest BCUT2D eigenvalue weighted by Gasteiger charge is -2.18. The van der Waals surface area contributed by atoms with E-state index in [1.165, 1.54) is 18.2 Å². The van der Waals surface area contributed by atoms with Crippen LogP contribution in [-0.4, -0.2) is 17.2 Å².